The molecule has 162 valence electrons. The molecule has 1 aliphatic heterocycles. The van der Waals surface area contributed by atoms with Crippen molar-refractivity contribution >= 4 is 17.4 Å². The number of anilines is 1. The van der Waals surface area contributed by atoms with Gasteiger partial charge in [-0.2, -0.15) is 5.10 Å². The predicted octanol–water partition coefficient (Wildman–Crippen LogP) is 2.70. The second-order valence-electron chi connectivity index (χ2n) is 8.30. The van der Waals surface area contributed by atoms with Crippen LogP contribution in [0.25, 0.3) is 28.2 Å². The molecule has 0 unspecified atom stereocenters. The van der Waals surface area contributed by atoms with E-state index in [2.05, 4.69) is 5.10 Å². The summed E-state index contributed by atoms with van der Waals surface area (Å²) in [5, 5.41) is 4.45. The van der Waals surface area contributed by atoms with Gasteiger partial charge in [0.25, 0.3) is 5.91 Å². The van der Waals surface area contributed by atoms with Crippen molar-refractivity contribution in [1.82, 2.24) is 24.5 Å². The van der Waals surface area contributed by atoms with Crippen LogP contribution in [0.4, 0.5) is 5.82 Å². The zero-order valence-electron chi connectivity index (χ0n) is 18.1. The number of pyridine rings is 1. The summed E-state index contributed by atoms with van der Waals surface area (Å²) in [4.78, 5) is 26.5. The van der Waals surface area contributed by atoms with Gasteiger partial charge in [-0.25, -0.2) is 14.5 Å². The van der Waals surface area contributed by atoms with Crippen molar-refractivity contribution in [3.63, 3.8) is 0 Å². The first-order valence-electron chi connectivity index (χ1n) is 10.6. The van der Waals surface area contributed by atoms with Gasteiger partial charge < -0.3 is 15.5 Å². The Hall–Kier alpha value is -3.78. The summed E-state index contributed by atoms with van der Waals surface area (Å²) in [6.45, 7) is 1.25. The van der Waals surface area contributed by atoms with Gasteiger partial charge in [0.2, 0.25) is 0 Å². The minimum atomic E-state index is -0.0286. The molecule has 0 spiro atoms. The number of rotatable bonds is 4. The van der Waals surface area contributed by atoms with Crippen LogP contribution in [0.15, 0.2) is 60.9 Å². The minimum Gasteiger partial charge on any atom is -0.363 e. The normalized spacial score (nSPS) is 16.0. The first kappa shape index (κ1) is 20.1. The van der Waals surface area contributed by atoms with E-state index in [1.807, 2.05) is 78.6 Å². The number of nitrogens with zero attached hydrogens (tertiary/aromatic N) is 6. The topological polar surface area (TPSA) is 92.7 Å². The van der Waals surface area contributed by atoms with Crippen molar-refractivity contribution in [3.05, 3.63) is 66.5 Å². The molecule has 1 aromatic carbocycles. The smallest absolute Gasteiger partial charge is 0.254 e. The Morgan fingerprint density at radius 3 is 2.62 bits per heavy atom. The Balaban J connectivity index is 1.61. The highest BCUT2D eigenvalue weighted by atomic mass is 16.2. The molecule has 0 bridgehead atoms. The first-order valence-corrected chi connectivity index (χ1v) is 10.6. The van der Waals surface area contributed by atoms with Crippen LogP contribution >= 0.6 is 0 Å². The highest BCUT2D eigenvalue weighted by Gasteiger charge is 2.26. The number of benzene rings is 1. The molecule has 0 saturated carbocycles. The van der Waals surface area contributed by atoms with Gasteiger partial charge in [-0.15, -0.1) is 0 Å². The number of amides is 1. The zero-order valence-corrected chi connectivity index (χ0v) is 18.1. The third-order valence-electron chi connectivity index (χ3n) is 5.74. The van der Waals surface area contributed by atoms with E-state index in [4.69, 9.17) is 15.7 Å². The third-order valence-corrected chi connectivity index (χ3v) is 5.74. The summed E-state index contributed by atoms with van der Waals surface area (Å²) in [7, 11) is 3.82. The largest absolute Gasteiger partial charge is 0.363 e. The summed E-state index contributed by atoms with van der Waals surface area (Å²) >= 11 is 0. The number of carbonyl (C=O) groups excluding carboxylic acids is 1. The van der Waals surface area contributed by atoms with Crippen molar-refractivity contribution in [3.8, 4) is 22.5 Å². The number of fused-ring (bicyclic) bond motifs is 1. The molecule has 1 amide bonds. The Labute approximate surface area is 186 Å². The molecule has 0 radical (unpaired) electrons. The summed E-state index contributed by atoms with van der Waals surface area (Å²) in [5.41, 5.74) is 10.6. The van der Waals surface area contributed by atoms with E-state index in [-0.39, 0.29) is 11.9 Å². The lowest BCUT2D eigenvalue weighted by Crippen LogP contribution is -2.32. The summed E-state index contributed by atoms with van der Waals surface area (Å²) < 4.78 is 1.73. The first-order chi connectivity index (χ1) is 15.5. The van der Waals surface area contributed by atoms with Crippen LogP contribution in [-0.2, 0) is 0 Å². The van der Waals surface area contributed by atoms with E-state index < -0.39 is 0 Å². The number of hydrogen-bond donors (Lipinski definition) is 1. The van der Waals surface area contributed by atoms with Crippen molar-refractivity contribution in [2.45, 2.75) is 12.5 Å². The predicted molar refractivity (Wildman–Crippen MR) is 124 cm³/mol. The second kappa shape index (κ2) is 8.05. The molecule has 0 aliphatic carbocycles. The fourth-order valence-corrected chi connectivity index (χ4v) is 3.98. The molecule has 4 heterocycles. The van der Waals surface area contributed by atoms with Crippen molar-refractivity contribution in [2.24, 2.45) is 5.73 Å². The van der Waals surface area contributed by atoms with Gasteiger partial charge in [-0.1, -0.05) is 30.3 Å². The maximum Gasteiger partial charge on any atom is 0.254 e. The van der Waals surface area contributed by atoms with Gasteiger partial charge in [0.1, 0.15) is 5.82 Å². The highest BCUT2D eigenvalue weighted by molar-refractivity contribution is 5.96. The molecule has 1 atom stereocenters. The summed E-state index contributed by atoms with van der Waals surface area (Å²) in [5.74, 6) is 0.673. The van der Waals surface area contributed by atoms with Crippen molar-refractivity contribution in [1.29, 1.82) is 0 Å². The SMILES string of the molecule is CN(C)c1cc(C(=O)N2CC[C@H](N)C2)cc(-c2cnn3ccc(-c4ccccc4)nc23)n1. The van der Waals surface area contributed by atoms with Crippen molar-refractivity contribution in [2.75, 3.05) is 32.1 Å². The maximum absolute atomic E-state index is 13.2. The maximum atomic E-state index is 13.2. The molecule has 8 nitrogen and oxygen atoms in total. The van der Waals surface area contributed by atoms with Crippen LogP contribution in [0.2, 0.25) is 0 Å². The number of nitrogens with two attached hydrogens (primary N) is 1. The molecular formula is C24H25N7O. The van der Waals surface area contributed by atoms with E-state index in [1.165, 1.54) is 0 Å². The van der Waals surface area contributed by atoms with Crippen LogP contribution in [0.5, 0.6) is 0 Å². The average molecular weight is 428 g/mol. The number of hydrogen-bond acceptors (Lipinski definition) is 6. The quantitative estimate of drug-likeness (QED) is 0.538. The number of likely N-dealkylation sites (tertiary alicyclic amines) is 1. The Morgan fingerprint density at radius 1 is 1.09 bits per heavy atom. The molecule has 2 N–H and O–H groups in total. The Morgan fingerprint density at radius 2 is 1.91 bits per heavy atom. The lowest BCUT2D eigenvalue weighted by molar-refractivity contribution is 0.0791. The van der Waals surface area contributed by atoms with Crippen LogP contribution in [0.3, 0.4) is 0 Å². The van der Waals surface area contributed by atoms with Gasteiger partial charge in [0, 0.05) is 50.6 Å². The van der Waals surface area contributed by atoms with Gasteiger partial charge in [-0.3, -0.25) is 4.79 Å². The lowest BCUT2D eigenvalue weighted by atomic mass is 10.1. The highest BCUT2D eigenvalue weighted by Crippen LogP contribution is 2.28. The molecule has 3 aromatic heterocycles. The van der Waals surface area contributed by atoms with Crippen molar-refractivity contribution < 1.29 is 4.79 Å². The Bertz CT molecular complexity index is 1280. The molecule has 32 heavy (non-hydrogen) atoms. The van der Waals surface area contributed by atoms with Gasteiger partial charge in [0.05, 0.1) is 23.1 Å². The molecule has 4 aromatic rings. The van der Waals surface area contributed by atoms with Crippen LogP contribution in [-0.4, -0.2) is 63.6 Å². The summed E-state index contributed by atoms with van der Waals surface area (Å²) in [6.07, 6.45) is 4.46. The lowest BCUT2D eigenvalue weighted by Gasteiger charge is -2.19. The second-order valence-corrected chi connectivity index (χ2v) is 8.30. The van der Waals surface area contributed by atoms with Crippen LogP contribution in [0.1, 0.15) is 16.8 Å². The van der Waals surface area contributed by atoms with Gasteiger partial charge in [0.15, 0.2) is 5.65 Å². The summed E-state index contributed by atoms with van der Waals surface area (Å²) in [6, 6.07) is 15.6. The van der Waals surface area contributed by atoms with E-state index in [0.717, 1.165) is 23.2 Å². The fraction of sp³-hybridized carbons (Fsp3) is 0.250. The van der Waals surface area contributed by atoms with E-state index in [9.17, 15) is 4.79 Å². The fourth-order valence-electron chi connectivity index (χ4n) is 3.98. The van der Waals surface area contributed by atoms with Gasteiger partial charge >= 0.3 is 0 Å². The molecule has 5 rings (SSSR count). The number of carbonyl (C=O) groups is 1. The third kappa shape index (κ3) is 3.69. The van der Waals surface area contributed by atoms with E-state index in [0.29, 0.717) is 35.8 Å². The van der Waals surface area contributed by atoms with E-state index in [1.54, 1.807) is 10.7 Å². The molecule has 1 saturated heterocycles. The average Bonchev–Trinajstić information content (AvgIpc) is 3.44. The molecule has 1 aliphatic rings. The molecular weight excluding hydrogens is 402 g/mol. The monoisotopic (exact) mass is 427 g/mol. The van der Waals surface area contributed by atoms with Crippen LogP contribution in [0, 0.1) is 0 Å². The molecule has 1 fully saturated rings. The Kier molecular flexibility index (Phi) is 5.07. The zero-order chi connectivity index (χ0) is 22.2. The van der Waals surface area contributed by atoms with Crippen LogP contribution < -0.4 is 10.6 Å². The standard InChI is InChI=1S/C24H25N7O/c1-29(2)22-13-17(24(32)30-10-8-18(25)15-30)12-21(27-22)19-14-26-31-11-9-20(28-23(19)31)16-6-4-3-5-7-16/h3-7,9,11-14,18H,8,10,15,25H2,1-2H3/t18-/m0/s1. The molecule has 8 heteroatoms. The number of aromatic nitrogens is 4. The van der Waals surface area contributed by atoms with E-state index >= 15 is 0 Å². The minimum absolute atomic E-state index is 0.0286. The van der Waals surface area contributed by atoms with Gasteiger partial charge in [-0.05, 0) is 24.6 Å².